The van der Waals surface area contributed by atoms with Crippen molar-refractivity contribution in [3.63, 3.8) is 0 Å². The van der Waals surface area contributed by atoms with Gasteiger partial charge < -0.3 is 10.2 Å². The lowest BCUT2D eigenvalue weighted by atomic mass is 10.1. The van der Waals surface area contributed by atoms with E-state index in [9.17, 15) is 4.79 Å². The first kappa shape index (κ1) is 13.4. The molecule has 0 saturated heterocycles. The first-order valence-corrected chi connectivity index (χ1v) is 5.42. The van der Waals surface area contributed by atoms with Crippen molar-refractivity contribution < 1.29 is 4.79 Å². The average molecular weight is 200 g/mol. The summed E-state index contributed by atoms with van der Waals surface area (Å²) in [7, 11) is 4.11. The standard InChI is InChI=1S/C11H24N2O/c1-6-10(7-8-13(4)5)12-11(14)9(2)3/h9-10H,6-8H2,1-5H3,(H,12,14). The predicted molar refractivity (Wildman–Crippen MR) is 60.2 cm³/mol. The topological polar surface area (TPSA) is 32.3 Å². The molecule has 0 fully saturated rings. The van der Waals surface area contributed by atoms with Crippen molar-refractivity contribution >= 4 is 5.91 Å². The zero-order valence-corrected chi connectivity index (χ0v) is 10.1. The van der Waals surface area contributed by atoms with Crippen molar-refractivity contribution in [2.24, 2.45) is 5.92 Å². The van der Waals surface area contributed by atoms with Gasteiger partial charge in [0, 0.05) is 12.0 Å². The second kappa shape index (κ2) is 6.82. The Bertz CT molecular complexity index is 167. The summed E-state index contributed by atoms with van der Waals surface area (Å²) in [6, 6.07) is 0.326. The minimum absolute atomic E-state index is 0.0865. The van der Waals surface area contributed by atoms with E-state index in [0.717, 1.165) is 19.4 Å². The van der Waals surface area contributed by atoms with Gasteiger partial charge in [-0.2, -0.15) is 0 Å². The molecular formula is C11H24N2O. The van der Waals surface area contributed by atoms with Crippen LogP contribution in [-0.2, 0) is 4.79 Å². The summed E-state index contributed by atoms with van der Waals surface area (Å²) >= 11 is 0. The maximum Gasteiger partial charge on any atom is 0.222 e. The Morgan fingerprint density at radius 3 is 2.29 bits per heavy atom. The Morgan fingerprint density at radius 2 is 1.93 bits per heavy atom. The van der Waals surface area contributed by atoms with Gasteiger partial charge in [0.1, 0.15) is 0 Å². The molecule has 1 amide bonds. The molecule has 84 valence electrons. The summed E-state index contributed by atoms with van der Waals surface area (Å²) in [5, 5.41) is 3.06. The zero-order chi connectivity index (χ0) is 11.1. The molecule has 0 bridgehead atoms. The molecule has 0 aromatic rings. The Kier molecular flexibility index (Phi) is 6.54. The first-order chi connectivity index (χ1) is 6.47. The molecule has 14 heavy (non-hydrogen) atoms. The predicted octanol–water partition coefficient (Wildman–Crippen LogP) is 1.49. The van der Waals surface area contributed by atoms with Gasteiger partial charge in [-0.3, -0.25) is 4.79 Å². The number of hydrogen-bond donors (Lipinski definition) is 1. The van der Waals surface area contributed by atoms with Gasteiger partial charge in [-0.15, -0.1) is 0 Å². The summed E-state index contributed by atoms with van der Waals surface area (Å²) < 4.78 is 0. The van der Waals surface area contributed by atoms with Gasteiger partial charge in [-0.25, -0.2) is 0 Å². The van der Waals surface area contributed by atoms with E-state index in [0.29, 0.717) is 6.04 Å². The molecule has 1 N–H and O–H groups in total. The van der Waals surface area contributed by atoms with Crippen molar-refractivity contribution in [1.82, 2.24) is 10.2 Å². The van der Waals surface area contributed by atoms with Gasteiger partial charge in [0.15, 0.2) is 0 Å². The average Bonchev–Trinajstić information content (AvgIpc) is 2.11. The van der Waals surface area contributed by atoms with Crippen molar-refractivity contribution in [2.45, 2.75) is 39.7 Å². The van der Waals surface area contributed by atoms with Crippen LogP contribution in [0, 0.1) is 5.92 Å². The fourth-order valence-electron chi connectivity index (χ4n) is 1.16. The highest BCUT2D eigenvalue weighted by Gasteiger charge is 2.12. The van der Waals surface area contributed by atoms with Crippen LogP contribution in [0.25, 0.3) is 0 Å². The molecule has 0 aromatic heterocycles. The van der Waals surface area contributed by atoms with Gasteiger partial charge in [0.25, 0.3) is 0 Å². The molecule has 0 aromatic carbocycles. The van der Waals surface area contributed by atoms with Crippen molar-refractivity contribution in [3.8, 4) is 0 Å². The van der Waals surface area contributed by atoms with Crippen LogP contribution in [0.15, 0.2) is 0 Å². The maximum atomic E-state index is 11.4. The van der Waals surface area contributed by atoms with E-state index in [1.165, 1.54) is 0 Å². The van der Waals surface area contributed by atoms with Gasteiger partial charge in [0.05, 0.1) is 0 Å². The van der Waals surface area contributed by atoms with E-state index in [-0.39, 0.29) is 11.8 Å². The Morgan fingerprint density at radius 1 is 1.36 bits per heavy atom. The van der Waals surface area contributed by atoms with Gasteiger partial charge in [-0.05, 0) is 33.5 Å². The van der Waals surface area contributed by atoms with E-state index >= 15 is 0 Å². The fraction of sp³-hybridized carbons (Fsp3) is 0.909. The van der Waals surface area contributed by atoms with Gasteiger partial charge in [0.2, 0.25) is 5.91 Å². The highest BCUT2D eigenvalue weighted by Crippen LogP contribution is 2.01. The summed E-state index contributed by atoms with van der Waals surface area (Å²) in [5.74, 6) is 0.249. The number of carbonyl (C=O) groups is 1. The lowest BCUT2D eigenvalue weighted by molar-refractivity contribution is -0.124. The van der Waals surface area contributed by atoms with Crippen LogP contribution in [-0.4, -0.2) is 37.5 Å². The van der Waals surface area contributed by atoms with E-state index in [4.69, 9.17) is 0 Å². The Balaban J connectivity index is 3.84. The second-order valence-electron chi connectivity index (χ2n) is 4.36. The number of hydrogen-bond acceptors (Lipinski definition) is 2. The summed E-state index contributed by atoms with van der Waals surface area (Å²) in [5.41, 5.74) is 0. The van der Waals surface area contributed by atoms with E-state index in [1.807, 2.05) is 13.8 Å². The minimum Gasteiger partial charge on any atom is -0.353 e. The highest BCUT2D eigenvalue weighted by molar-refractivity contribution is 5.78. The molecule has 0 saturated carbocycles. The second-order valence-corrected chi connectivity index (χ2v) is 4.36. The largest absolute Gasteiger partial charge is 0.353 e. The molecular weight excluding hydrogens is 176 g/mol. The molecule has 1 unspecified atom stereocenters. The van der Waals surface area contributed by atoms with E-state index in [2.05, 4.69) is 31.2 Å². The molecule has 0 spiro atoms. The van der Waals surface area contributed by atoms with E-state index in [1.54, 1.807) is 0 Å². The van der Waals surface area contributed by atoms with Crippen LogP contribution in [0.5, 0.6) is 0 Å². The summed E-state index contributed by atoms with van der Waals surface area (Å²) in [4.78, 5) is 13.6. The molecule has 1 atom stereocenters. The molecule has 0 aliphatic carbocycles. The third-order valence-electron chi connectivity index (χ3n) is 2.29. The molecule has 0 aliphatic rings. The number of nitrogens with zero attached hydrogens (tertiary/aromatic N) is 1. The smallest absolute Gasteiger partial charge is 0.222 e. The quantitative estimate of drug-likeness (QED) is 0.704. The van der Waals surface area contributed by atoms with Crippen molar-refractivity contribution in [3.05, 3.63) is 0 Å². The van der Waals surface area contributed by atoms with Crippen LogP contribution >= 0.6 is 0 Å². The van der Waals surface area contributed by atoms with Gasteiger partial charge in [-0.1, -0.05) is 20.8 Å². The Labute approximate surface area is 87.9 Å². The number of carbonyl (C=O) groups excluding carboxylic acids is 1. The first-order valence-electron chi connectivity index (χ1n) is 5.42. The monoisotopic (exact) mass is 200 g/mol. The minimum atomic E-state index is 0.0865. The van der Waals surface area contributed by atoms with Crippen LogP contribution in [0.4, 0.5) is 0 Å². The van der Waals surface area contributed by atoms with E-state index < -0.39 is 0 Å². The number of rotatable bonds is 6. The molecule has 0 radical (unpaired) electrons. The highest BCUT2D eigenvalue weighted by atomic mass is 16.1. The molecule has 3 nitrogen and oxygen atoms in total. The molecule has 0 aliphatic heterocycles. The fourth-order valence-corrected chi connectivity index (χ4v) is 1.16. The van der Waals surface area contributed by atoms with Crippen LogP contribution < -0.4 is 5.32 Å². The summed E-state index contributed by atoms with van der Waals surface area (Å²) in [6.07, 6.45) is 2.04. The van der Waals surface area contributed by atoms with Crippen LogP contribution in [0.2, 0.25) is 0 Å². The molecule has 0 rings (SSSR count). The number of nitrogens with one attached hydrogen (secondary N) is 1. The third-order valence-corrected chi connectivity index (χ3v) is 2.29. The summed E-state index contributed by atoms with van der Waals surface area (Å²) in [6.45, 7) is 6.99. The third kappa shape index (κ3) is 5.97. The van der Waals surface area contributed by atoms with Crippen LogP contribution in [0.3, 0.4) is 0 Å². The SMILES string of the molecule is CCC(CCN(C)C)NC(=O)C(C)C. The van der Waals surface area contributed by atoms with Crippen molar-refractivity contribution in [1.29, 1.82) is 0 Å². The lowest BCUT2D eigenvalue weighted by Crippen LogP contribution is -2.38. The Hall–Kier alpha value is -0.570. The maximum absolute atomic E-state index is 11.4. The van der Waals surface area contributed by atoms with Gasteiger partial charge >= 0.3 is 0 Å². The van der Waals surface area contributed by atoms with Crippen LogP contribution in [0.1, 0.15) is 33.6 Å². The lowest BCUT2D eigenvalue weighted by Gasteiger charge is -2.20. The normalized spacial score (nSPS) is 13.4. The molecule has 0 heterocycles. The molecule has 3 heteroatoms. The number of amides is 1. The van der Waals surface area contributed by atoms with Crippen molar-refractivity contribution in [2.75, 3.05) is 20.6 Å². The zero-order valence-electron chi connectivity index (χ0n) is 10.1.